The fourth-order valence-electron chi connectivity index (χ4n) is 2.54. The normalized spacial score (nSPS) is 13.4. The first kappa shape index (κ1) is 15.6. The predicted octanol–water partition coefficient (Wildman–Crippen LogP) is 4.43. The van der Waals surface area contributed by atoms with Crippen molar-refractivity contribution < 1.29 is 13.2 Å². The van der Waals surface area contributed by atoms with Crippen LogP contribution < -0.4 is 5.32 Å². The van der Waals surface area contributed by atoms with Crippen LogP contribution in [0, 0.1) is 0 Å². The van der Waals surface area contributed by atoms with Crippen molar-refractivity contribution in [1.82, 2.24) is 15.3 Å². The lowest BCUT2D eigenvalue weighted by atomic mass is 10.0. The van der Waals surface area contributed by atoms with Crippen molar-refractivity contribution in [2.24, 2.45) is 0 Å². The van der Waals surface area contributed by atoms with E-state index < -0.39 is 11.7 Å². The van der Waals surface area contributed by atoms with Crippen LogP contribution in [-0.2, 0) is 12.7 Å². The van der Waals surface area contributed by atoms with Crippen molar-refractivity contribution in [2.45, 2.75) is 25.7 Å². The number of aromatic amines is 1. The summed E-state index contributed by atoms with van der Waals surface area (Å²) >= 11 is 0. The Morgan fingerprint density at radius 1 is 1.22 bits per heavy atom. The van der Waals surface area contributed by atoms with Crippen LogP contribution in [0.25, 0.3) is 11.0 Å². The number of H-pyrrole nitrogens is 1. The monoisotopic (exact) mass is 319 g/mol. The van der Waals surface area contributed by atoms with Gasteiger partial charge in [-0.15, -0.1) is 0 Å². The van der Waals surface area contributed by atoms with Crippen LogP contribution in [0.15, 0.2) is 48.8 Å². The molecule has 3 nitrogen and oxygen atoms in total. The molecule has 0 spiro atoms. The summed E-state index contributed by atoms with van der Waals surface area (Å²) in [6.07, 6.45) is -0.791. The molecule has 0 aliphatic heterocycles. The molecule has 3 aromatic rings. The second kappa shape index (κ2) is 6.04. The third-order valence-corrected chi connectivity index (χ3v) is 3.86. The molecule has 2 heterocycles. The van der Waals surface area contributed by atoms with Gasteiger partial charge in [0.05, 0.1) is 5.56 Å². The zero-order chi connectivity index (χ0) is 16.4. The Morgan fingerprint density at radius 3 is 2.83 bits per heavy atom. The molecule has 1 atom stereocenters. The first-order chi connectivity index (χ1) is 10.9. The topological polar surface area (TPSA) is 40.7 Å². The molecule has 23 heavy (non-hydrogen) atoms. The van der Waals surface area contributed by atoms with E-state index >= 15 is 0 Å². The van der Waals surface area contributed by atoms with Gasteiger partial charge in [0.25, 0.3) is 0 Å². The number of nitrogens with zero attached hydrogens (tertiary/aromatic N) is 1. The number of aromatic nitrogens is 2. The minimum atomic E-state index is -4.32. The Morgan fingerprint density at radius 2 is 2.04 bits per heavy atom. The van der Waals surface area contributed by atoms with Gasteiger partial charge < -0.3 is 10.3 Å². The molecule has 6 heteroatoms. The summed E-state index contributed by atoms with van der Waals surface area (Å²) in [4.78, 5) is 7.26. The van der Waals surface area contributed by atoms with E-state index in [1.54, 1.807) is 12.3 Å². The van der Waals surface area contributed by atoms with Crippen molar-refractivity contribution in [3.05, 3.63) is 65.5 Å². The summed E-state index contributed by atoms with van der Waals surface area (Å²) in [5.41, 5.74) is 1.84. The van der Waals surface area contributed by atoms with Gasteiger partial charge in [-0.3, -0.25) is 0 Å². The van der Waals surface area contributed by atoms with Crippen LogP contribution in [0.1, 0.15) is 29.7 Å². The highest BCUT2D eigenvalue weighted by molar-refractivity contribution is 5.79. The van der Waals surface area contributed by atoms with Crippen LogP contribution in [0.5, 0.6) is 0 Å². The van der Waals surface area contributed by atoms with Crippen LogP contribution in [0.2, 0.25) is 0 Å². The first-order valence-corrected chi connectivity index (χ1v) is 7.26. The molecule has 0 saturated carbocycles. The van der Waals surface area contributed by atoms with Crippen LogP contribution in [0.3, 0.4) is 0 Å². The Balaban J connectivity index is 1.75. The van der Waals surface area contributed by atoms with E-state index in [9.17, 15) is 13.2 Å². The van der Waals surface area contributed by atoms with E-state index in [0.717, 1.165) is 22.7 Å². The second-order valence-electron chi connectivity index (χ2n) is 5.44. The van der Waals surface area contributed by atoms with E-state index in [-0.39, 0.29) is 6.04 Å². The maximum Gasteiger partial charge on any atom is 0.416 e. The van der Waals surface area contributed by atoms with Crippen LogP contribution in [0.4, 0.5) is 13.2 Å². The maximum absolute atomic E-state index is 12.8. The summed E-state index contributed by atoms with van der Waals surface area (Å²) in [5, 5.41) is 4.28. The molecular formula is C17H16F3N3. The lowest BCUT2D eigenvalue weighted by Gasteiger charge is -2.16. The summed E-state index contributed by atoms with van der Waals surface area (Å²) < 4.78 is 38.4. The number of halogens is 3. The number of alkyl halides is 3. The predicted molar refractivity (Wildman–Crippen MR) is 82.8 cm³/mol. The molecule has 0 aliphatic rings. The third kappa shape index (κ3) is 3.37. The zero-order valence-electron chi connectivity index (χ0n) is 12.5. The SMILES string of the molecule is C[C@H](NCc1ccnc2[nH]ccc12)c1cccc(C(F)(F)F)c1. The highest BCUT2D eigenvalue weighted by atomic mass is 19.4. The Bertz CT molecular complexity index is 808. The van der Waals surface area contributed by atoms with E-state index in [1.807, 2.05) is 25.3 Å². The number of hydrogen-bond donors (Lipinski definition) is 2. The largest absolute Gasteiger partial charge is 0.416 e. The number of pyridine rings is 1. The molecule has 0 fully saturated rings. The molecule has 0 amide bonds. The molecule has 2 N–H and O–H groups in total. The minimum absolute atomic E-state index is 0.195. The molecule has 0 aliphatic carbocycles. The van der Waals surface area contributed by atoms with Crippen LogP contribution in [-0.4, -0.2) is 9.97 Å². The highest BCUT2D eigenvalue weighted by Crippen LogP contribution is 2.30. The average molecular weight is 319 g/mol. The minimum Gasteiger partial charge on any atom is -0.346 e. The van der Waals surface area contributed by atoms with E-state index in [0.29, 0.717) is 12.1 Å². The second-order valence-corrected chi connectivity index (χ2v) is 5.44. The smallest absolute Gasteiger partial charge is 0.346 e. The summed E-state index contributed by atoms with van der Waals surface area (Å²) in [7, 11) is 0. The lowest BCUT2D eigenvalue weighted by Crippen LogP contribution is -2.19. The molecule has 120 valence electrons. The quantitative estimate of drug-likeness (QED) is 0.747. The molecule has 0 saturated heterocycles. The highest BCUT2D eigenvalue weighted by Gasteiger charge is 2.30. The fraction of sp³-hybridized carbons (Fsp3) is 0.235. The molecule has 0 radical (unpaired) electrons. The Hall–Kier alpha value is -2.34. The average Bonchev–Trinajstić information content (AvgIpc) is 3.01. The van der Waals surface area contributed by atoms with Crippen molar-refractivity contribution in [3.63, 3.8) is 0 Å². The van der Waals surface area contributed by atoms with Gasteiger partial charge in [-0.1, -0.05) is 12.1 Å². The van der Waals surface area contributed by atoms with Gasteiger partial charge in [-0.2, -0.15) is 13.2 Å². The first-order valence-electron chi connectivity index (χ1n) is 7.26. The van der Waals surface area contributed by atoms with E-state index in [2.05, 4.69) is 15.3 Å². The molecule has 0 unspecified atom stereocenters. The lowest BCUT2D eigenvalue weighted by molar-refractivity contribution is -0.137. The van der Waals surface area contributed by atoms with Crippen molar-refractivity contribution >= 4 is 11.0 Å². The molecule has 0 bridgehead atoms. The third-order valence-electron chi connectivity index (χ3n) is 3.86. The number of benzene rings is 1. The van der Waals surface area contributed by atoms with Gasteiger partial charge >= 0.3 is 6.18 Å². The van der Waals surface area contributed by atoms with Crippen LogP contribution >= 0.6 is 0 Å². The van der Waals surface area contributed by atoms with Gasteiger partial charge in [0.1, 0.15) is 5.65 Å². The summed E-state index contributed by atoms with van der Waals surface area (Å²) in [6, 6.07) is 9.06. The van der Waals surface area contributed by atoms with Gasteiger partial charge in [-0.25, -0.2) is 4.98 Å². The molecule has 2 aromatic heterocycles. The van der Waals surface area contributed by atoms with E-state index in [4.69, 9.17) is 0 Å². The van der Waals surface area contributed by atoms with Gasteiger partial charge in [-0.05, 0) is 42.3 Å². The van der Waals surface area contributed by atoms with Crippen molar-refractivity contribution in [1.29, 1.82) is 0 Å². The zero-order valence-corrected chi connectivity index (χ0v) is 12.5. The molecule has 3 rings (SSSR count). The van der Waals surface area contributed by atoms with Gasteiger partial charge in [0, 0.05) is 30.4 Å². The standard InChI is InChI=1S/C17H16F3N3/c1-11(12-3-2-4-14(9-12)17(18,19)20)23-10-13-5-7-21-16-15(13)6-8-22-16/h2-9,11,23H,10H2,1H3,(H,21,22)/t11-/m0/s1. The van der Waals surface area contributed by atoms with Gasteiger partial charge in [0.15, 0.2) is 0 Å². The van der Waals surface area contributed by atoms with Crippen molar-refractivity contribution in [2.75, 3.05) is 0 Å². The number of hydrogen-bond acceptors (Lipinski definition) is 2. The fourth-order valence-corrected chi connectivity index (χ4v) is 2.54. The molecule has 1 aromatic carbocycles. The van der Waals surface area contributed by atoms with E-state index in [1.165, 1.54) is 12.1 Å². The number of nitrogens with one attached hydrogen (secondary N) is 2. The Kier molecular flexibility index (Phi) is 4.09. The summed E-state index contributed by atoms with van der Waals surface area (Å²) in [6.45, 7) is 2.40. The Labute approximate surface area is 131 Å². The van der Waals surface area contributed by atoms with Crippen molar-refractivity contribution in [3.8, 4) is 0 Å². The number of rotatable bonds is 4. The molecular weight excluding hydrogens is 303 g/mol. The van der Waals surface area contributed by atoms with Gasteiger partial charge in [0.2, 0.25) is 0 Å². The maximum atomic E-state index is 12.8. The summed E-state index contributed by atoms with van der Waals surface area (Å²) in [5.74, 6) is 0. The number of fused-ring (bicyclic) bond motifs is 1.